The molecule has 0 bridgehead atoms. The molecular formula is C14H9F4NO2. The zero-order valence-corrected chi connectivity index (χ0v) is 10.4. The summed E-state index contributed by atoms with van der Waals surface area (Å²) in [4.78, 5) is 11.8. The van der Waals surface area contributed by atoms with Crippen LogP contribution in [0.3, 0.4) is 0 Å². The van der Waals surface area contributed by atoms with Crippen LogP contribution >= 0.6 is 0 Å². The monoisotopic (exact) mass is 299 g/mol. The van der Waals surface area contributed by atoms with E-state index in [1.54, 1.807) is 0 Å². The average molecular weight is 299 g/mol. The summed E-state index contributed by atoms with van der Waals surface area (Å²) >= 11 is 0. The van der Waals surface area contributed by atoms with Crippen LogP contribution < -0.4 is 10.1 Å². The number of hydrogen-bond acceptors (Lipinski definition) is 2. The van der Waals surface area contributed by atoms with Crippen LogP contribution in [0.4, 0.5) is 23.2 Å². The van der Waals surface area contributed by atoms with Crippen LogP contribution in [0.2, 0.25) is 0 Å². The van der Waals surface area contributed by atoms with Crippen LogP contribution in [0.15, 0.2) is 42.5 Å². The molecule has 1 amide bonds. The van der Waals surface area contributed by atoms with Crippen molar-refractivity contribution in [3.63, 3.8) is 0 Å². The lowest BCUT2D eigenvalue weighted by molar-refractivity contribution is -0.0498. The van der Waals surface area contributed by atoms with Gasteiger partial charge in [-0.3, -0.25) is 4.79 Å². The number of benzene rings is 2. The molecule has 0 aliphatic rings. The first-order chi connectivity index (χ1) is 9.97. The maximum Gasteiger partial charge on any atom is 0.387 e. The highest BCUT2D eigenvalue weighted by atomic mass is 19.3. The number of hydrogen-bond donors (Lipinski definition) is 1. The van der Waals surface area contributed by atoms with E-state index in [-0.39, 0.29) is 11.4 Å². The molecule has 0 aromatic heterocycles. The summed E-state index contributed by atoms with van der Waals surface area (Å²) in [5, 5.41) is 2.26. The molecule has 7 heteroatoms. The highest BCUT2D eigenvalue weighted by molar-refractivity contribution is 6.04. The molecule has 110 valence electrons. The second kappa shape index (κ2) is 6.25. The van der Waals surface area contributed by atoms with Crippen molar-refractivity contribution < 1.29 is 27.1 Å². The Kier molecular flexibility index (Phi) is 4.42. The molecule has 1 N–H and O–H groups in total. The topological polar surface area (TPSA) is 38.3 Å². The number of ether oxygens (including phenoxy) is 1. The van der Waals surface area contributed by atoms with Crippen molar-refractivity contribution in [1.29, 1.82) is 0 Å². The second-order valence-corrected chi connectivity index (χ2v) is 3.95. The minimum absolute atomic E-state index is 0.0972. The first kappa shape index (κ1) is 14.8. The molecule has 3 nitrogen and oxygen atoms in total. The summed E-state index contributed by atoms with van der Waals surface area (Å²) in [7, 11) is 0. The Morgan fingerprint density at radius 3 is 2.10 bits per heavy atom. The van der Waals surface area contributed by atoms with Gasteiger partial charge in [-0.15, -0.1) is 0 Å². The van der Waals surface area contributed by atoms with Gasteiger partial charge in [0.1, 0.15) is 22.9 Å². The second-order valence-electron chi connectivity index (χ2n) is 3.95. The molecule has 0 atom stereocenters. The van der Waals surface area contributed by atoms with Crippen molar-refractivity contribution in [3.05, 3.63) is 59.7 Å². The van der Waals surface area contributed by atoms with Gasteiger partial charge in [-0.1, -0.05) is 6.07 Å². The summed E-state index contributed by atoms with van der Waals surface area (Å²) < 4.78 is 54.9. The predicted octanol–water partition coefficient (Wildman–Crippen LogP) is 3.82. The first-order valence-electron chi connectivity index (χ1n) is 5.77. The van der Waals surface area contributed by atoms with Crippen molar-refractivity contribution in [2.45, 2.75) is 6.61 Å². The number of anilines is 1. The Morgan fingerprint density at radius 2 is 1.57 bits per heavy atom. The van der Waals surface area contributed by atoms with Crippen LogP contribution in [-0.2, 0) is 0 Å². The molecule has 0 unspecified atom stereocenters. The molecule has 0 saturated heterocycles. The molecule has 0 spiro atoms. The van der Waals surface area contributed by atoms with Gasteiger partial charge in [-0.05, 0) is 36.4 Å². The van der Waals surface area contributed by atoms with Crippen LogP contribution in [0.25, 0.3) is 0 Å². The number of halogens is 4. The molecule has 2 aromatic rings. The van der Waals surface area contributed by atoms with Gasteiger partial charge in [0.2, 0.25) is 0 Å². The largest absolute Gasteiger partial charge is 0.435 e. The smallest absolute Gasteiger partial charge is 0.387 e. The molecule has 21 heavy (non-hydrogen) atoms. The van der Waals surface area contributed by atoms with Gasteiger partial charge < -0.3 is 10.1 Å². The van der Waals surface area contributed by atoms with Gasteiger partial charge in [0.15, 0.2) is 0 Å². The van der Waals surface area contributed by atoms with Crippen molar-refractivity contribution in [2.24, 2.45) is 0 Å². The maximum absolute atomic E-state index is 13.4. The molecule has 0 saturated carbocycles. The summed E-state index contributed by atoms with van der Waals surface area (Å²) in [5.41, 5.74) is -0.533. The minimum Gasteiger partial charge on any atom is -0.435 e. The number of alkyl halides is 2. The van der Waals surface area contributed by atoms with E-state index in [2.05, 4.69) is 10.1 Å². The van der Waals surface area contributed by atoms with Crippen molar-refractivity contribution in [2.75, 3.05) is 5.32 Å². The first-order valence-corrected chi connectivity index (χ1v) is 5.77. The van der Waals surface area contributed by atoms with Gasteiger partial charge in [-0.2, -0.15) is 8.78 Å². The normalized spacial score (nSPS) is 10.5. The fourth-order valence-electron chi connectivity index (χ4n) is 1.63. The van der Waals surface area contributed by atoms with E-state index in [0.29, 0.717) is 0 Å². The summed E-state index contributed by atoms with van der Waals surface area (Å²) in [5.74, 6) is -3.07. The molecule has 0 fully saturated rings. The van der Waals surface area contributed by atoms with Gasteiger partial charge in [-0.25, -0.2) is 8.78 Å². The maximum atomic E-state index is 13.4. The zero-order chi connectivity index (χ0) is 15.4. The van der Waals surface area contributed by atoms with E-state index >= 15 is 0 Å². The van der Waals surface area contributed by atoms with E-state index in [0.717, 1.165) is 18.2 Å². The lowest BCUT2D eigenvalue weighted by Crippen LogP contribution is -2.15. The summed E-state index contributed by atoms with van der Waals surface area (Å²) in [6, 6.07) is 7.98. The molecular weight excluding hydrogens is 290 g/mol. The lowest BCUT2D eigenvalue weighted by Gasteiger charge is -2.08. The summed E-state index contributed by atoms with van der Waals surface area (Å²) in [6.45, 7) is -2.96. The van der Waals surface area contributed by atoms with Crippen molar-refractivity contribution in [3.8, 4) is 5.75 Å². The molecule has 2 aromatic carbocycles. The van der Waals surface area contributed by atoms with Crippen LogP contribution in [-0.4, -0.2) is 12.5 Å². The molecule has 0 aliphatic carbocycles. The van der Waals surface area contributed by atoms with Crippen LogP contribution in [0.5, 0.6) is 5.75 Å². The number of carbonyl (C=O) groups excluding carboxylic acids is 1. The third kappa shape index (κ3) is 3.71. The Bertz CT molecular complexity index is 624. The van der Waals surface area contributed by atoms with E-state index < -0.39 is 29.7 Å². The summed E-state index contributed by atoms with van der Waals surface area (Å²) in [6.07, 6.45) is 0. The molecule has 0 aliphatic heterocycles. The predicted molar refractivity (Wildman–Crippen MR) is 67.4 cm³/mol. The average Bonchev–Trinajstić information content (AvgIpc) is 2.40. The highest BCUT2D eigenvalue weighted by Gasteiger charge is 2.17. The van der Waals surface area contributed by atoms with E-state index in [9.17, 15) is 22.4 Å². The molecule has 0 radical (unpaired) electrons. The third-order valence-corrected chi connectivity index (χ3v) is 2.53. The Balaban J connectivity index is 2.13. The fourth-order valence-corrected chi connectivity index (χ4v) is 1.63. The number of rotatable bonds is 4. The van der Waals surface area contributed by atoms with Gasteiger partial charge in [0.05, 0.1) is 0 Å². The number of amides is 1. The quantitative estimate of drug-likeness (QED) is 0.872. The van der Waals surface area contributed by atoms with Gasteiger partial charge in [0.25, 0.3) is 5.91 Å². The number of carbonyl (C=O) groups is 1. The van der Waals surface area contributed by atoms with Gasteiger partial charge in [0, 0.05) is 5.69 Å². The van der Waals surface area contributed by atoms with Crippen molar-refractivity contribution >= 4 is 11.6 Å². The Morgan fingerprint density at radius 1 is 1.00 bits per heavy atom. The Hall–Kier alpha value is -2.57. The zero-order valence-electron chi connectivity index (χ0n) is 10.4. The molecule has 0 heterocycles. The van der Waals surface area contributed by atoms with Crippen LogP contribution in [0, 0.1) is 11.6 Å². The van der Waals surface area contributed by atoms with Crippen molar-refractivity contribution in [1.82, 2.24) is 0 Å². The highest BCUT2D eigenvalue weighted by Crippen LogP contribution is 2.19. The minimum atomic E-state index is -2.96. The van der Waals surface area contributed by atoms with Gasteiger partial charge >= 0.3 is 6.61 Å². The standard InChI is InChI=1S/C14H9F4NO2/c15-10-2-1-3-11(16)12(10)13(20)19-8-4-6-9(7-5-8)21-14(17)18/h1-7,14H,(H,19,20). The lowest BCUT2D eigenvalue weighted by atomic mass is 10.2. The number of nitrogens with one attached hydrogen (secondary N) is 1. The van der Waals surface area contributed by atoms with E-state index in [1.165, 1.54) is 24.3 Å². The Labute approximate surface area is 117 Å². The van der Waals surface area contributed by atoms with Crippen LogP contribution in [0.1, 0.15) is 10.4 Å². The fraction of sp³-hybridized carbons (Fsp3) is 0.0714. The van der Waals surface area contributed by atoms with E-state index in [1.807, 2.05) is 0 Å². The van der Waals surface area contributed by atoms with E-state index in [4.69, 9.17) is 0 Å². The SMILES string of the molecule is O=C(Nc1ccc(OC(F)F)cc1)c1c(F)cccc1F. The third-order valence-electron chi connectivity index (χ3n) is 2.53. The molecule has 2 rings (SSSR count).